The lowest BCUT2D eigenvalue weighted by molar-refractivity contribution is -0.161. The fourth-order valence-corrected chi connectivity index (χ4v) is 14.0. The zero-order valence-corrected chi connectivity index (χ0v) is 66.3. The Morgan fingerprint density at radius 2 is 0.404 bits per heavy atom. The van der Waals surface area contributed by atoms with E-state index < -0.39 is 97.5 Å². The largest absolute Gasteiger partial charge is 0.472 e. The van der Waals surface area contributed by atoms with E-state index in [0.29, 0.717) is 25.7 Å². The van der Waals surface area contributed by atoms with Crippen LogP contribution in [0.25, 0.3) is 0 Å². The van der Waals surface area contributed by atoms with E-state index in [2.05, 4.69) is 27.7 Å². The topological polar surface area (TPSA) is 237 Å². The van der Waals surface area contributed by atoms with Crippen LogP contribution in [0.2, 0.25) is 0 Å². The maximum Gasteiger partial charge on any atom is 0.472 e. The van der Waals surface area contributed by atoms with Crippen LogP contribution in [0.5, 0.6) is 0 Å². The molecule has 0 aromatic heterocycles. The molecule has 17 nitrogen and oxygen atoms in total. The molecule has 0 saturated heterocycles. The van der Waals surface area contributed by atoms with Crippen LogP contribution in [-0.4, -0.2) is 96.7 Å². The van der Waals surface area contributed by atoms with E-state index >= 15 is 0 Å². The molecular formula is C80H156O17P2. The van der Waals surface area contributed by atoms with Crippen LogP contribution in [0.15, 0.2) is 0 Å². The van der Waals surface area contributed by atoms with E-state index in [1.807, 2.05) is 0 Å². The number of unbranched alkanes of at least 4 members (excludes halogenated alkanes) is 55. The fourth-order valence-electron chi connectivity index (χ4n) is 12.5. The average Bonchev–Trinajstić information content (AvgIpc) is 1.00. The van der Waals surface area contributed by atoms with Crippen molar-refractivity contribution in [1.29, 1.82) is 0 Å². The summed E-state index contributed by atoms with van der Waals surface area (Å²) in [6.45, 7) is 5.02. The summed E-state index contributed by atoms with van der Waals surface area (Å²) in [4.78, 5) is 73.0. The number of aliphatic hydroxyl groups is 1. The number of rotatable bonds is 81. The minimum absolute atomic E-state index is 0.109. The first-order valence-corrected chi connectivity index (χ1v) is 44.8. The summed E-state index contributed by atoms with van der Waals surface area (Å²) in [5.41, 5.74) is 0. The first kappa shape index (κ1) is 97.1. The Balaban J connectivity index is 5.24. The molecule has 5 atom stereocenters. The molecule has 99 heavy (non-hydrogen) atoms. The number of esters is 4. The number of carbonyl (C=O) groups is 4. The van der Waals surface area contributed by atoms with Crippen molar-refractivity contribution in [2.75, 3.05) is 39.6 Å². The van der Waals surface area contributed by atoms with Gasteiger partial charge in [-0.2, -0.15) is 0 Å². The van der Waals surface area contributed by atoms with Gasteiger partial charge in [0.05, 0.1) is 26.4 Å². The first-order valence-electron chi connectivity index (χ1n) is 41.8. The van der Waals surface area contributed by atoms with Crippen molar-refractivity contribution >= 4 is 39.5 Å². The van der Waals surface area contributed by atoms with Crippen LogP contribution in [0.3, 0.4) is 0 Å². The quantitative estimate of drug-likeness (QED) is 0.0222. The number of aliphatic hydroxyl groups excluding tert-OH is 1. The predicted molar refractivity (Wildman–Crippen MR) is 405 cm³/mol. The summed E-state index contributed by atoms with van der Waals surface area (Å²) in [6, 6.07) is 0. The van der Waals surface area contributed by atoms with E-state index in [0.717, 1.165) is 89.9 Å². The fraction of sp³-hybridized carbons (Fsp3) is 0.950. The highest BCUT2D eigenvalue weighted by molar-refractivity contribution is 7.47. The van der Waals surface area contributed by atoms with Gasteiger partial charge in [-0.15, -0.1) is 0 Å². The van der Waals surface area contributed by atoms with Gasteiger partial charge in [-0.05, 0) is 25.7 Å². The van der Waals surface area contributed by atoms with Crippen molar-refractivity contribution in [2.45, 2.75) is 451 Å². The second kappa shape index (κ2) is 74.3. The Morgan fingerprint density at radius 3 is 0.596 bits per heavy atom. The number of phosphoric acid groups is 2. The third-order valence-corrected chi connectivity index (χ3v) is 20.8. The number of phosphoric ester groups is 2. The van der Waals surface area contributed by atoms with E-state index in [-0.39, 0.29) is 25.7 Å². The zero-order chi connectivity index (χ0) is 72.5. The average molecular weight is 1450 g/mol. The molecule has 0 saturated carbocycles. The summed E-state index contributed by atoms with van der Waals surface area (Å²) in [6.07, 6.45) is 66.5. The molecule has 0 radical (unpaired) electrons. The Bertz CT molecular complexity index is 1880. The summed E-state index contributed by atoms with van der Waals surface area (Å²) in [5.74, 6) is -2.10. The molecule has 588 valence electrons. The Morgan fingerprint density at radius 1 is 0.242 bits per heavy atom. The molecule has 0 aliphatic heterocycles. The van der Waals surface area contributed by atoms with Crippen LogP contribution >= 0.6 is 15.6 Å². The van der Waals surface area contributed by atoms with E-state index in [1.54, 1.807) is 0 Å². The van der Waals surface area contributed by atoms with Gasteiger partial charge in [-0.25, -0.2) is 9.13 Å². The molecule has 0 aromatic rings. The molecule has 0 aliphatic carbocycles. The molecule has 0 amide bonds. The van der Waals surface area contributed by atoms with Crippen molar-refractivity contribution in [3.05, 3.63) is 0 Å². The number of hydrogen-bond acceptors (Lipinski definition) is 15. The van der Waals surface area contributed by atoms with E-state index in [1.165, 1.54) is 263 Å². The summed E-state index contributed by atoms with van der Waals surface area (Å²) < 4.78 is 68.7. The number of hydrogen-bond donors (Lipinski definition) is 3. The molecule has 0 fully saturated rings. The van der Waals surface area contributed by atoms with Gasteiger partial charge in [0.2, 0.25) is 0 Å². The number of ether oxygens (including phenoxy) is 4. The second-order valence-corrected chi connectivity index (χ2v) is 31.7. The lowest BCUT2D eigenvalue weighted by atomic mass is 10.0. The monoisotopic (exact) mass is 1450 g/mol. The van der Waals surface area contributed by atoms with Crippen LogP contribution in [0.1, 0.15) is 432 Å². The zero-order valence-electron chi connectivity index (χ0n) is 64.5. The third kappa shape index (κ3) is 74.1. The standard InChI is InChI=1S/C80H156O17P2/c1-5-9-13-17-21-25-29-32-34-36-37-38-40-43-47-51-55-59-63-67-80(85)97-76(71-91-78(83)65-61-57-53-49-45-42-39-35-33-30-26-22-18-14-10-6-2)73-95-99(88,89)93-69-74(81)68-92-98(86,87)94-72-75(70-90-77(82)64-60-56-52-48-44-28-24-20-16-12-8-4)96-79(84)66-62-58-54-50-46-41-31-27-23-19-15-11-7-3/h74-76,81H,5-73H2,1-4H3,(H,86,87)(H,88,89)/t74-,75+,76+/m0/s1. The van der Waals surface area contributed by atoms with Gasteiger partial charge in [0.1, 0.15) is 19.3 Å². The normalized spacial score (nSPS) is 13.8. The molecule has 0 aliphatic rings. The molecule has 0 bridgehead atoms. The molecule has 0 heterocycles. The van der Waals surface area contributed by atoms with Crippen molar-refractivity contribution in [1.82, 2.24) is 0 Å². The third-order valence-electron chi connectivity index (χ3n) is 18.9. The summed E-state index contributed by atoms with van der Waals surface area (Å²) in [7, 11) is -9.91. The van der Waals surface area contributed by atoms with E-state index in [9.17, 15) is 43.2 Å². The van der Waals surface area contributed by atoms with Crippen LogP contribution in [-0.2, 0) is 65.4 Å². The van der Waals surface area contributed by atoms with Crippen LogP contribution in [0, 0.1) is 0 Å². The SMILES string of the molecule is CCCCCCCCCCCCCCCCCCCCCC(=O)O[C@H](COC(=O)CCCCCCCCCCCCCCCCCC)COP(=O)(O)OC[C@@H](O)COP(=O)(O)OC[C@@H](COC(=O)CCCCCCCCCCCCC)OC(=O)CCCCCCCCCCCCCCC. The van der Waals surface area contributed by atoms with Gasteiger partial charge in [0, 0.05) is 25.7 Å². The molecule has 0 spiro atoms. The van der Waals surface area contributed by atoms with Crippen LogP contribution < -0.4 is 0 Å². The Kier molecular flexibility index (Phi) is 72.9. The molecule has 19 heteroatoms. The highest BCUT2D eigenvalue weighted by Crippen LogP contribution is 2.45. The minimum atomic E-state index is -4.96. The van der Waals surface area contributed by atoms with Crippen molar-refractivity contribution in [2.24, 2.45) is 0 Å². The van der Waals surface area contributed by atoms with Crippen molar-refractivity contribution in [3.8, 4) is 0 Å². The van der Waals surface area contributed by atoms with Crippen LogP contribution in [0.4, 0.5) is 0 Å². The van der Waals surface area contributed by atoms with Crippen molar-refractivity contribution in [3.63, 3.8) is 0 Å². The smallest absolute Gasteiger partial charge is 0.462 e. The highest BCUT2D eigenvalue weighted by Gasteiger charge is 2.30. The minimum Gasteiger partial charge on any atom is -0.462 e. The maximum absolute atomic E-state index is 13.1. The van der Waals surface area contributed by atoms with Gasteiger partial charge in [-0.3, -0.25) is 37.3 Å². The van der Waals surface area contributed by atoms with Crippen molar-refractivity contribution < 1.29 is 80.2 Å². The summed E-state index contributed by atoms with van der Waals surface area (Å²) >= 11 is 0. The van der Waals surface area contributed by atoms with Gasteiger partial charge in [0.15, 0.2) is 12.2 Å². The molecule has 3 N–H and O–H groups in total. The first-order chi connectivity index (χ1) is 48.2. The lowest BCUT2D eigenvalue weighted by Crippen LogP contribution is -2.30. The highest BCUT2D eigenvalue weighted by atomic mass is 31.2. The molecular weight excluding hydrogens is 1290 g/mol. The summed E-state index contributed by atoms with van der Waals surface area (Å²) in [5, 5.41) is 10.6. The van der Waals surface area contributed by atoms with E-state index in [4.69, 9.17) is 37.0 Å². The lowest BCUT2D eigenvalue weighted by Gasteiger charge is -2.21. The number of carbonyl (C=O) groups excluding carboxylic acids is 4. The van der Waals surface area contributed by atoms with Gasteiger partial charge < -0.3 is 33.8 Å². The van der Waals surface area contributed by atoms with Gasteiger partial charge in [0.25, 0.3) is 0 Å². The Hall–Kier alpha value is -1.94. The Labute approximate surface area is 607 Å². The maximum atomic E-state index is 13.1. The van der Waals surface area contributed by atoms with Gasteiger partial charge in [-0.1, -0.05) is 381 Å². The van der Waals surface area contributed by atoms with Gasteiger partial charge >= 0.3 is 39.5 Å². The molecule has 0 rings (SSSR count). The molecule has 0 aromatic carbocycles. The molecule has 2 unspecified atom stereocenters. The predicted octanol–water partition coefficient (Wildman–Crippen LogP) is 24.2. The second-order valence-electron chi connectivity index (χ2n) is 28.8.